The second kappa shape index (κ2) is 8.44. The average molecular weight is 439 g/mol. The van der Waals surface area contributed by atoms with Crippen molar-refractivity contribution in [1.82, 2.24) is 9.88 Å². The number of ether oxygens (including phenoxy) is 1. The average Bonchev–Trinajstić information content (AvgIpc) is 3.40. The van der Waals surface area contributed by atoms with Crippen LogP contribution >= 0.6 is 22.9 Å². The van der Waals surface area contributed by atoms with E-state index in [-0.39, 0.29) is 6.61 Å². The maximum Gasteiger partial charge on any atom is 0.128 e. The summed E-state index contributed by atoms with van der Waals surface area (Å²) in [6, 6.07) is 14.0. The number of rotatable bonds is 6. The van der Waals surface area contributed by atoms with E-state index in [4.69, 9.17) is 16.3 Å². The molecule has 3 heterocycles. The molecule has 2 aromatic heterocycles. The van der Waals surface area contributed by atoms with Crippen LogP contribution in [-0.4, -0.2) is 47.3 Å². The highest BCUT2D eigenvalue weighted by Gasteiger charge is 2.18. The molecule has 0 radical (unpaired) electrons. The second-order valence-electron chi connectivity index (χ2n) is 7.69. The number of aliphatic hydroxyl groups excluding tert-OH is 1. The lowest BCUT2D eigenvalue weighted by molar-refractivity contribution is 0.0722. The fraction of sp³-hybridized carbons (Fsp3) is 0.250. The zero-order chi connectivity index (χ0) is 20.5. The summed E-state index contributed by atoms with van der Waals surface area (Å²) in [4.78, 5) is 5.45. The number of benzene rings is 2. The van der Waals surface area contributed by atoms with Gasteiger partial charge in [-0.3, -0.25) is 4.90 Å². The minimum Gasteiger partial charge on any atom is -0.490 e. The molecule has 154 valence electrons. The molecule has 0 bridgehead atoms. The van der Waals surface area contributed by atoms with Gasteiger partial charge in [-0.05, 0) is 59.3 Å². The van der Waals surface area contributed by atoms with Crippen molar-refractivity contribution < 1.29 is 9.84 Å². The first kappa shape index (κ1) is 19.6. The predicted molar refractivity (Wildman–Crippen MR) is 126 cm³/mol. The molecule has 0 aliphatic carbocycles. The normalized spacial score (nSPS) is 16.1. The summed E-state index contributed by atoms with van der Waals surface area (Å²) in [7, 11) is 0. The van der Waals surface area contributed by atoms with Gasteiger partial charge < -0.3 is 14.8 Å². The van der Waals surface area contributed by atoms with Gasteiger partial charge in [0.1, 0.15) is 18.5 Å². The van der Waals surface area contributed by atoms with Gasteiger partial charge in [0.05, 0.1) is 0 Å². The first-order chi connectivity index (χ1) is 14.7. The molecule has 1 aliphatic heterocycles. The summed E-state index contributed by atoms with van der Waals surface area (Å²) in [5, 5.41) is 15.8. The van der Waals surface area contributed by atoms with Gasteiger partial charge in [0, 0.05) is 51.8 Å². The zero-order valence-electron chi connectivity index (χ0n) is 16.5. The van der Waals surface area contributed by atoms with Gasteiger partial charge in [-0.1, -0.05) is 23.7 Å². The number of nitrogens with zero attached hydrogens (tertiary/aromatic N) is 1. The largest absolute Gasteiger partial charge is 0.490 e. The highest BCUT2D eigenvalue weighted by Crippen LogP contribution is 2.35. The molecule has 4 nitrogen and oxygen atoms in total. The van der Waals surface area contributed by atoms with Crippen LogP contribution in [-0.2, 0) is 0 Å². The molecule has 2 aromatic carbocycles. The number of aromatic nitrogens is 1. The third-order valence-electron chi connectivity index (χ3n) is 5.63. The minimum atomic E-state index is -0.532. The molecule has 1 atom stereocenters. The Morgan fingerprint density at radius 2 is 2.13 bits per heavy atom. The smallest absolute Gasteiger partial charge is 0.128 e. The summed E-state index contributed by atoms with van der Waals surface area (Å²) in [6.07, 6.45) is 4.61. The van der Waals surface area contributed by atoms with Crippen molar-refractivity contribution in [2.24, 2.45) is 0 Å². The third-order valence-corrected chi connectivity index (χ3v) is 6.83. The molecular weight excluding hydrogens is 416 g/mol. The Hall–Kier alpha value is -2.31. The summed E-state index contributed by atoms with van der Waals surface area (Å²) in [5.74, 6) is 0.802. The SMILES string of the molecule is O[C@H](COc1cccc2[nH]ccc12)CN1CC=C(c2csc3ccc(Cl)cc23)CC1. The molecule has 1 aliphatic rings. The van der Waals surface area contributed by atoms with Crippen LogP contribution in [0.5, 0.6) is 5.75 Å². The van der Waals surface area contributed by atoms with Crippen LogP contribution in [0.3, 0.4) is 0 Å². The van der Waals surface area contributed by atoms with Crippen molar-refractivity contribution in [3.8, 4) is 5.75 Å². The Bertz CT molecular complexity index is 1210. The monoisotopic (exact) mass is 438 g/mol. The molecule has 0 fully saturated rings. The molecule has 6 heteroatoms. The standard InChI is InChI=1S/C24H23ClN2O2S/c25-17-4-5-24-20(12-17)21(15-30-24)16-7-10-27(11-8-16)13-18(28)14-29-23-3-1-2-22-19(23)6-9-26-22/h1-7,9,12,15,18,26,28H,8,10-11,13-14H2/t18-/m0/s1. The van der Waals surface area contributed by atoms with E-state index in [9.17, 15) is 5.11 Å². The van der Waals surface area contributed by atoms with Gasteiger partial charge in [0.2, 0.25) is 0 Å². The lowest BCUT2D eigenvalue weighted by Gasteiger charge is -2.28. The van der Waals surface area contributed by atoms with Crippen LogP contribution < -0.4 is 4.74 Å². The fourth-order valence-corrected chi connectivity index (χ4v) is 5.23. The Morgan fingerprint density at radius 1 is 1.20 bits per heavy atom. The number of aromatic amines is 1. The van der Waals surface area contributed by atoms with E-state index in [1.807, 2.05) is 36.5 Å². The number of β-amino-alcohol motifs (C(OH)–C–C–N with tert-alkyl or cyclic N) is 1. The van der Waals surface area contributed by atoms with Gasteiger partial charge in [0.15, 0.2) is 0 Å². The Balaban J connectivity index is 1.19. The van der Waals surface area contributed by atoms with Crippen molar-refractivity contribution in [2.75, 3.05) is 26.2 Å². The highest BCUT2D eigenvalue weighted by molar-refractivity contribution is 7.17. The molecule has 30 heavy (non-hydrogen) atoms. The van der Waals surface area contributed by atoms with Crippen LogP contribution in [0.1, 0.15) is 12.0 Å². The van der Waals surface area contributed by atoms with E-state index in [1.165, 1.54) is 21.2 Å². The van der Waals surface area contributed by atoms with E-state index < -0.39 is 6.10 Å². The van der Waals surface area contributed by atoms with Gasteiger partial charge in [-0.25, -0.2) is 0 Å². The first-order valence-corrected chi connectivity index (χ1v) is 11.4. The molecule has 0 saturated heterocycles. The number of fused-ring (bicyclic) bond motifs is 2. The van der Waals surface area contributed by atoms with E-state index in [1.54, 1.807) is 11.3 Å². The Morgan fingerprint density at radius 3 is 3.00 bits per heavy atom. The number of halogens is 1. The van der Waals surface area contributed by atoms with Gasteiger partial charge in [0.25, 0.3) is 0 Å². The molecule has 4 aromatic rings. The zero-order valence-corrected chi connectivity index (χ0v) is 18.0. The van der Waals surface area contributed by atoms with Crippen LogP contribution in [0.25, 0.3) is 26.6 Å². The maximum atomic E-state index is 10.5. The van der Waals surface area contributed by atoms with E-state index in [0.717, 1.165) is 41.2 Å². The molecule has 2 N–H and O–H groups in total. The number of aliphatic hydroxyl groups is 1. The molecule has 0 spiro atoms. The number of thiophene rings is 1. The van der Waals surface area contributed by atoms with Crippen LogP contribution in [0.15, 0.2) is 60.1 Å². The number of nitrogens with one attached hydrogen (secondary N) is 1. The van der Waals surface area contributed by atoms with Crippen molar-refractivity contribution >= 4 is 49.5 Å². The lowest BCUT2D eigenvalue weighted by Crippen LogP contribution is -2.38. The predicted octanol–water partition coefficient (Wildman–Crippen LogP) is 5.57. The topological polar surface area (TPSA) is 48.5 Å². The number of H-pyrrole nitrogens is 1. The van der Waals surface area contributed by atoms with Crippen LogP contribution in [0, 0.1) is 0 Å². The third kappa shape index (κ3) is 3.98. The molecule has 0 saturated carbocycles. The number of hydrogen-bond acceptors (Lipinski definition) is 4. The van der Waals surface area contributed by atoms with Crippen molar-refractivity contribution in [3.05, 3.63) is 70.7 Å². The van der Waals surface area contributed by atoms with Crippen molar-refractivity contribution in [2.45, 2.75) is 12.5 Å². The Kier molecular flexibility index (Phi) is 5.52. The van der Waals surface area contributed by atoms with Gasteiger partial charge in [-0.15, -0.1) is 11.3 Å². The van der Waals surface area contributed by atoms with Gasteiger partial charge >= 0.3 is 0 Å². The van der Waals surface area contributed by atoms with Crippen molar-refractivity contribution in [3.63, 3.8) is 0 Å². The summed E-state index contributed by atoms with van der Waals surface area (Å²) >= 11 is 7.96. The van der Waals surface area contributed by atoms with Crippen LogP contribution in [0.2, 0.25) is 5.02 Å². The van der Waals surface area contributed by atoms with Gasteiger partial charge in [-0.2, -0.15) is 0 Å². The minimum absolute atomic E-state index is 0.283. The first-order valence-electron chi connectivity index (χ1n) is 10.1. The second-order valence-corrected chi connectivity index (χ2v) is 9.04. The quantitative estimate of drug-likeness (QED) is 0.414. The van der Waals surface area contributed by atoms with E-state index in [0.29, 0.717) is 6.54 Å². The summed E-state index contributed by atoms with van der Waals surface area (Å²) in [6.45, 7) is 2.64. The summed E-state index contributed by atoms with van der Waals surface area (Å²) < 4.78 is 7.16. The number of hydrogen-bond donors (Lipinski definition) is 2. The molecule has 0 unspecified atom stereocenters. The van der Waals surface area contributed by atoms with Crippen LogP contribution in [0.4, 0.5) is 0 Å². The van der Waals surface area contributed by atoms with E-state index in [2.05, 4.69) is 33.5 Å². The fourth-order valence-electron chi connectivity index (χ4n) is 4.09. The van der Waals surface area contributed by atoms with E-state index >= 15 is 0 Å². The molecular formula is C24H23ClN2O2S. The lowest BCUT2D eigenvalue weighted by atomic mass is 9.99. The summed E-state index contributed by atoms with van der Waals surface area (Å²) in [5.41, 5.74) is 3.70. The highest BCUT2D eigenvalue weighted by atomic mass is 35.5. The Labute approximate surface area is 184 Å². The van der Waals surface area contributed by atoms with Crippen molar-refractivity contribution in [1.29, 1.82) is 0 Å². The maximum absolute atomic E-state index is 10.5. The molecule has 0 amide bonds. The molecule has 5 rings (SSSR count).